The minimum absolute atomic E-state index is 0.123. The average Bonchev–Trinajstić information content (AvgIpc) is 2.14. The second kappa shape index (κ2) is 4.03. The molecular weight excluding hydrogens is 221 g/mol. The number of hydrogen-bond donors (Lipinski definition) is 1. The van der Waals surface area contributed by atoms with Gasteiger partial charge in [-0.25, -0.2) is 0 Å². The minimum Gasteiger partial charge on any atom is -0.399 e. The van der Waals surface area contributed by atoms with Crippen LogP contribution < -0.4 is 5.73 Å². The Hall–Kier alpha value is -1.72. The van der Waals surface area contributed by atoms with Gasteiger partial charge in [0, 0.05) is 19.8 Å². The smallest absolute Gasteiger partial charge is 0.399 e. The first kappa shape index (κ1) is 12.4. The molecule has 0 radical (unpaired) electrons. The van der Waals surface area contributed by atoms with Crippen molar-refractivity contribution in [3.05, 3.63) is 29.3 Å². The van der Waals surface area contributed by atoms with Gasteiger partial charge in [-0.1, -0.05) is 0 Å². The maximum Gasteiger partial charge on any atom is 0.417 e. The molecule has 0 fully saturated rings. The SMILES string of the molecule is CN(C)C(=O)c1cc(N)ccc1C(F)(F)F. The molecule has 1 aromatic carbocycles. The van der Waals surface area contributed by atoms with E-state index in [0.717, 1.165) is 23.1 Å². The van der Waals surface area contributed by atoms with Gasteiger partial charge < -0.3 is 10.6 Å². The number of nitrogens with zero attached hydrogens (tertiary/aromatic N) is 1. The first-order valence-electron chi connectivity index (χ1n) is 4.42. The summed E-state index contributed by atoms with van der Waals surface area (Å²) in [6.07, 6.45) is -4.56. The van der Waals surface area contributed by atoms with Gasteiger partial charge in [0.05, 0.1) is 11.1 Å². The highest BCUT2D eigenvalue weighted by atomic mass is 19.4. The summed E-state index contributed by atoms with van der Waals surface area (Å²) in [5.74, 6) is -0.723. The Kier molecular flexibility index (Phi) is 3.11. The summed E-state index contributed by atoms with van der Waals surface area (Å²) in [5, 5.41) is 0. The van der Waals surface area contributed by atoms with Gasteiger partial charge >= 0.3 is 6.18 Å². The van der Waals surface area contributed by atoms with Crippen LogP contribution in [0.4, 0.5) is 18.9 Å². The summed E-state index contributed by atoms with van der Waals surface area (Å²) in [7, 11) is 2.76. The molecule has 0 aliphatic heterocycles. The van der Waals surface area contributed by atoms with E-state index in [9.17, 15) is 18.0 Å². The van der Waals surface area contributed by atoms with Gasteiger partial charge in [0.2, 0.25) is 0 Å². The Balaban J connectivity index is 3.35. The van der Waals surface area contributed by atoms with E-state index >= 15 is 0 Å². The Labute approximate surface area is 90.6 Å². The molecule has 0 aromatic heterocycles. The van der Waals surface area contributed by atoms with Crippen molar-refractivity contribution in [2.24, 2.45) is 0 Å². The van der Waals surface area contributed by atoms with Crippen LogP contribution in [0.2, 0.25) is 0 Å². The van der Waals surface area contributed by atoms with Crippen LogP contribution in [0, 0.1) is 0 Å². The van der Waals surface area contributed by atoms with Crippen molar-refractivity contribution in [1.29, 1.82) is 0 Å². The molecule has 0 aliphatic rings. The number of nitrogen functional groups attached to an aromatic ring is 1. The quantitative estimate of drug-likeness (QED) is 0.752. The number of benzene rings is 1. The normalized spacial score (nSPS) is 11.3. The molecule has 1 rings (SSSR count). The van der Waals surface area contributed by atoms with Crippen molar-refractivity contribution < 1.29 is 18.0 Å². The van der Waals surface area contributed by atoms with Crippen LogP contribution >= 0.6 is 0 Å². The molecule has 0 saturated heterocycles. The van der Waals surface area contributed by atoms with Crippen LogP contribution in [0.5, 0.6) is 0 Å². The van der Waals surface area contributed by atoms with Crippen LogP contribution in [0.25, 0.3) is 0 Å². The molecule has 0 bridgehead atoms. The number of anilines is 1. The number of carbonyl (C=O) groups excluding carboxylic acids is 1. The number of nitrogens with two attached hydrogens (primary N) is 1. The maximum atomic E-state index is 12.6. The van der Waals surface area contributed by atoms with E-state index in [4.69, 9.17) is 5.73 Å². The Morgan fingerprint density at radius 3 is 2.31 bits per heavy atom. The van der Waals surface area contributed by atoms with Crippen molar-refractivity contribution in [2.75, 3.05) is 19.8 Å². The van der Waals surface area contributed by atoms with Gasteiger partial charge in [-0.3, -0.25) is 4.79 Å². The zero-order chi connectivity index (χ0) is 12.5. The lowest BCUT2D eigenvalue weighted by Gasteiger charge is -2.16. The maximum absolute atomic E-state index is 12.6. The Morgan fingerprint density at radius 1 is 1.31 bits per heavy atom. The van der Waals surface area contributed by atoms with Crippen LogP contribution in [0.1, 0.15) is 15.9 Å². The summed E-state index contributed by atoms with van der Waals surface area (Å²) in [6, 6.07) is 2.96. The van der Waals surface area contributed by atoms with Gasteiger partial charge in [0.15, 0.2) is 0 Å². The second-order valence-electron chi connectivity index (χ2n) is 3.50. The number of amides is 1. The molecule has 1 aromatic rings. The molecule has 3 nitrogen and oxygen atoms in total. The van der Waals surface area contributed by atoms with E-state index < -0.39 is 23.2 Å². The predicted octanol–water partition coefficient (Wildman–Crippen LogP) is 1.99. The Morgan fingerprint density at radius 2 is 1.88 bits per heavy atom. The molecular formula is C10H11F3N2O. The standard InChI is InChI=1S/C10H11F3N2O/c1-15(2)9(16)7-5-6(14)3-4-8(7)10(11,12)13/h3-5H,14H2,1-2H3. The van der Waals surface area contributed by atoms with Crippen molar-refractivity contribution in [3.63, 3.8) is 0 Å². The monoisotopic (exact) mass is 232 g/mol. The fourth-order valence-corrected chi connectivity index (χ4v) is 1.23. The lowest BCUT2D eigenvalue weighted by molar-refractivity contribution is -0.138. The summed E-state index contributed by atoms with van der Waals surface area (Å²) < 4.78 is 37.8. The van der Waals surface area contributed by atoms with Crippen molar-refractivity contribution in [2.45, 2.75) is 6.18 Å². The molecule has 1 amide bonds. The van der Waals surface area contributed by atoms with Crippen molar-refractivity contribution in [3.8, 4) is 0 Å². The number of rotatable bonds is 1. The van der Waals surface area contributed by atoms with Crippen LogP contribution in [-0.4, -0.2) is 24.9 Å². The zero-order valence-corrected chi connectivity index (χ0v) is 8.80. The zero-order valence-electron chi connectivity index (χ0n) is 8.80. The fourth-order valence-electron chi connectivity index (χ4n) is 1.23. The first-order chi connectivity index (χ1) is 7.23. The molecule has 88 valence electrons. The molecule has 6 heteroatoms. The minimum atomic E-state index is -4.56. The van der Waals surface area contributed by atoms with E-state index in [1.807, 2.05) is 0 Å². The molecule has 0 spiro atoms. The number of hydrogen-bond acceptors (Lipinski definition) is 2. The number of alkyl halides is 3. The number of halogens is 3. The molecule has 0 unspecified atom stereocenters. The van der Waals surface area contributed by atoms with E-state index in [0.29, 0.717) is 0 Å². The summed E-state index contributed by atoms with van der Waals surface area (Å²) in [6.45, 7) is 0. The van der Waals surface area contributed by atoms with E-state index in [-0.39, 0.29) is 5.69 Å². The van der Waals surface area contributed by atoms with Crippen LogP contribution in [0.15, 0.2) is 18.2 Å². The highest BCUT2D eigenvalue weighted by molar-refractivity contribution is 5.96. The van der Waals surface area contributed by atoms with Crippen molar-refractivity contribution in [1.82, 2.24) is 4.90 Å². The Bertz CT molecular complexity index is 413. The average molecular weight is 232 g/mol. The van der Waals surface area contributed by atoms with Crippen LogP contribution in [0.3, 0.4) is 0 Å². The largest absolute Gasteiger partial charge is 0.417 e. The topological polar surface area (TPSA) is 46.3 Å². The molecule has 2 N–H and O–H groups in total. The van der Waals surface area contributed by atoms with Gasteiger partial charge in [-0.2, -0.15) is 13.2 Å². The molecule has 0 saturated carbocycles. The first-order valence-corrected chi connectivity index (χ1v) is 4.42. The van der Waals surface area contributed by atoms with Gasteiger partial charge in [0.25, 0.3) is 5.91 Å². The van der Waals surface area contributed by atoms with Crippen LogP contribution in [-0.2, 0) is 6.18 Å². The fraction of sp³-hybridized carbons (Fsp3) is 0.300. The lowest BCUT2D eigenvalue weighted by Crippen LogP contribution is -2.25. The molecule has 0 atom stereocenters. The summed E-state index contributed by atoms with van der Waals surface area (Å²) in [5.41, 5.74) is 4.09. The molecule has 16 heavy (non-hydrogen) atoms. The third-order valence-electron chi connectivity index (χ3n) is 1.99. The third kappa shape index (κ3) is 2.44. The van der Waals surface area contributed by atoms with Crippen molar-refractivity contribution >= 4 is 11.6 Å². The van der Waals surface area contributed by atoms with Gasteiger partial charge in [-0.05, 0) is 18.2 Å². The van der Waals surface area contributed by atoms with Gasteiger partial charge in [-0.15, -0.1) is 0 Å². The molecule has 0 aliphatic carbocycles. The lowest BCUT2D eigenvalue weighted by atomic mass is 10.1. The van der Waals surface area contributed by atoms with E-state index in [1.165, 1.54) is 14.1 Å². The predicted molar refractivity (Wildman–Crippen MR) is 53.9 cm³/mol. The summed E-state index contributed by atoms with van der Waals surface area (Å²) in [4.78, 5) is 12.6. The van der Waals surface area contributed by atoms with E-state index in [1.54, 1.807) is 0 Å². The van der Waals surface area contributed by atoms with Gasteiger partial charge in [0.1, 0.15) is 0 Å². The number of carbonyl (C=O) groups is 1. The highest BCUT2D eigenvalue weighted by Crippen LogP contribution is 2.33. The highest BCUT2D eigenvalue weighted by Gasteiger charge is 2.35. The second-order valence-corrected chi connectivity index (χ2v) is 3.50. The van der Waals surface area contributed by atoms with E-state index in [2.05, 4.69) is 0 Å². The third-order valence-corrected chi connectivity index (χ3v) is 1.99. The summed E-state index contributed by atoms with van der Waals surface area (Å²) >= 11 is 0. The molecule has 0 heterocycles.